The lowest BCUT2D eigenvalue weighted by Crippen LogP contribution is -2.59. The molecule has 0 saturated carbocycles. The largest absolute Gasteiger partial charge is 0.466 e. The van der Waals surface area contributed by atoms with E-state index in [1.807, 2.05) is 6.92 Å². The topological polar surface area (TPSA) is 35.1 Å². The normalized spacial score (nSPS) is 17.0. The Morgan fingerprint density at radius 1 is 1.00 bits per heavy atom. The van der Waals surface area contributed by atoms with Gasteiger partial charge in [0.1, 0.15) is 18.4 Å². The van der Waals surface area contributed by atoms with Crippen LogP contribution in [0.2, 0.25) is 0 Å². The predicted octanol–water partition coefficient (Wildman–Crippen LogP) is 5.96. The fourth-order valence-electron chi connectivity index (χ4n) is 4.80. The second-order valence-corrected chi connectivity index (χ2v) is 12.2. The zero-order chi connectivity index (χ0) is 23.1. The van der Waals surface area contributed by atoms with Gasteiger partial charge in [-0.2, -0.15) is 0 Å². The number of imidazole rings is 1. The Balaban J connectivity index is 3.68. The number of ether oxygens (including phenoxy) is 1. The van der Waals surface area contributed by atoms with E-state index < -0.39 is 5.41 Å². The number of hydrogen-bond donors (Lipinski definition) is 0. The van der Waals surface area contributed by atoms with Crippen molar-refractivity contribution in [3.05, 3.63) is 18.7 Å². The minimum atomic E-state index is -0.662. The molecule has 4 nitrogen and oxygen atoms in total. The summed E-state index contributed by atoms with van der Waals surface area (Å²) in [7, 11) is 2.06. The van der Waals surface area contributed by atoms with Crippen molar-refractivity contribution in [3.8, 4) is 0 Å². The van der Waals surface area contributed by atoms with E-state index in [1.54, 1.807) is 0 Å². The molecular formula is C25H47N2O2+. The number of aromatic nitrogens is 2. The Bertz CT molecular complexity index is 701. The lowest BCUT2D eigenvalue weighted by Gasteiger charge is -2.58. The maximum absolute atomic E-state index is 13.4. The van der Waals surface area contributed by atoms with Crippen molar-refractivity contribution in [1.29, 1.82) is 0 Å². The minimum absolute atomic E-state index is 0.0989. The van der Waals surface area contributed by atoms with Crippen LogP contribution in [0.25, 0.3) is 0 Å². The predicted molar refractivity (Wildman–Crippen MR) is 120 cm³/mol. The van der Waals surface area contributed by atoms with Gasteiger partial charge in [-0.3, -0.25) is 4.79 Å². The van der Waals surface area contributed by atoms with E-state index >= 15 is 0 Å². The Morgan fingerprint density at radius 3 is 1.86 bits per heavy atom. The highest BCUT2D eigenvalue weighted by atomic mass is 16.5. The third kappa shape index (κ3) is 4.72. The van der Waals surface area contributed by atoms with Crippen molar-refractivity contribution in [2.24, 2.45) is 34.1 Å². The van der Waals surface area contributed by atoms with Gasteiger partial charge in [-0.05, 0) is 36.5 Å². The first kappa shape index (κ1) is 25.7. The van der Waals surface area contributed by atoms with Gasteiger partial charge in [0.25, 0.3) is 0 Å². The molecule has 1 rings (SSSR count). The molecule has 4 heteroatoms. The van der Waals surface area contributed by atoms with E-state index in [0.717, 1.165) is 6.42 Å². The average molecular weight is 408 g/mol. The molecule has 0 amide bonds. The summed E-state index contributed by atoms with van der Waals surface area (Å²) in [6.45, 7) is 26.9. The molecule has 168 valence electrons. The van der Waals surface area contributed by atoms with Crippen molar-refractivity contribution >= 4 is 5.97 Å². The highest BCUT2D eigenvalue weighted by molar-refractivity contribution is 5.78. The molecule has 0 fully saturated rings. The lowest BCUT2D eigenvalue weighted by molar-refractivity contribution is -0.671. The van der Waals surface area contributed by atoms with Crippen LogP contribution in [0.4, 0.5) is 0 Å². The monoisotopic (exact) mass is 407 g/mol. The van der Waals surface area contributed by atoms with Crippen molar-refractivity contribution in [2.75, 3.05) is 6.61 Å². The third-order valence-corrected chi connectivity index (χ3v) is 7.83. The summed E-state index contributed by atoms with van der Waals surface area (Å²) >= 11 is 0. The summed E-state index contributed by atoms with van der Waals surface area (Å²) in [5, 5.41) is 0. The Labute approximate surface area is 180 Å². The fraction of sp³-hybridized carbons (Fsp3) is 0.840. The van der Waals surface area contributed by atoms with Gasteiger partial charge >= 0.3 is 5.97 Å². The fourth-order valence-corrected chi connectivity index (χ4v) is 4.80. The van der Waals surface area contributed by atoms with Gasteiger partial charge in [-0.15, -0.1) is 0 Å². The summed E-state index contributed by atoms with van der Waals surface area (Å²) in [5.41, 5.74) is -1.30. The summed E-state index contributed by atoms with van der Waals surface area (Å²) in [5.74, 6) is -0.0989. The van der Waals surface area contributed by atoms with Gasteiger partial charge < -0.3 is 4.74 Å². The van der Waals surface area contributed by atoms with E-state index in [1.165, 1.54) is 0 Å². The zero-order valence-electron chi connectivity index (χ0n) is 21.4. The van der Waals surface area contributed by atoms with Crippen LogP contribution in [-0.2, 0) is 16.6 Å². The van der Waals surface area contributed by atoms with Crippen LogP contribution in [0.5, 0.6) is 0 Å². The highest BCUT2D eigenvalue weighted by Gasteiger charge is 2.63. The van der Waals surface area contributed by atoms with E-state index in [0.29, 0.717) is 6.61 Å². The van der Waals surface area contributed by atoms with Crippen molar-refractivity contribution < 1.29 is 14.1 Å². The molecular weight excluding hydrogens is 360 g/mol. The Hall–Kier alpha value is -1.32. The molecule has 2 unspecified atom stereocenters. The van der Waals surface area contributed by atoms with Crippen molar-refractivity contribution in [2.45, 2.75) is 95.5 Å². The molecule has 0 aliphatic heterocycles. The van der Waals surface area contributed by atoms with Crippen LogP contribution < -0.4 is 4.57 Å². The minimum Gasteiger partial charge on any atom is -0.466 e. The summed E-state index contributed by atoms with van der Waals surface area (Å²) in [6, 6.07) is 0.231. The molecule has 0 radical (unpaired) electrons. The zero-order valence-corrected chi connectivity index (χ0v) is 21.4. The maximum Gasteiger partial charge on any atom is 0.312 e. The SMILES string of the molecule is CCOC(=O)C(C)(C(C)(C)C)C(C)(C)C(C)(C)C(CC(C)(C)C)n1cc[n+](C)c1. The van der Waals surface area contributed by atoms with Crippen LogP contribution in [0.15, 0.2) is 18.7 Å². The van der Waals surface area contributed by atoms with Crippen LogP contribution in [0, 0.1) is 27.1 Å². The molecule has 2 atom stereocenters. The van der Waals surface area contributed by atoms with Crippen molar-refractivity contribution in [3.63, 3.8) is 0 Å². The van der Waals surface area contributed by atoms with E-state index in [2.05, 4.69) is 111 Å². The lowest BCUT2D eigenvalue weighted by atomic mass is 9.45. The van der Waals surface area contributed by atoms with Gasteiger partial charge in [-0.25, -0.2) is 9.13 Å². The number of hydrogen-bond acceptors (Lipinski definition) is 2. The van der Waals surface area contributed by atoms with Crippen LogP contribution >= 0.6 is 0 Å². The molecule has 1 aromatic rings. The molecule has 0 N–H and O–H groups in total. The van der Waals surface area contributed by atoms with Crippen LogP contribution in [0.3, 0.4) is 0 Å². The quantitative estimate of drug-likeness (QED) is 0.413. The number of carbonyl (C=O) groups excluding carboxylic acids is 1. The second-order valence-electron chi connectivity index (χ2n) is 12.2. The molecule has 0 bridgehead atoms. The van der Waals surface area contributed by atoms with Crippen LogP contribution in [-0.4, -0.2) is 17.1 Å². The first-order chi connectivity index (χ1) is 12.8. The van der Waals surface area contributed by atoms with Gasteiger partial charge in [0.2, 0.25) is 6.33 Å². The van der Waals surface area contributed by atoms with E-state index in [-0.39, 0.29) is 33.7 Å². The van der Waals surface area contributed by atoms with Crippen molar-refractivity contribution in [1.82, 2.24) is 4.57 Å². The number of nitrogens with zero attached hydrogens (tertiary/aromatic N) is 2. The van der Waals surface area contributed by atoms with Gasteiger partial charge in [0.15, 0.2) is 0 Å². The van der Waals surface area contributed by atoms with Gasteiger partial charge in [0, 0.05) is 5.41 Å². The Morgan fingerprint density at radius 2 is 1.52 bits per heavy atom. The van der Waals surface area contributed by atoms with Crippen LogP contribution in [0.1, 0.15) is 95.5 Å². The molecule has 0 spiro atoms. The third-order valence-electron chi connectivity index (χ3n) is 7.83. The van der Waals surface area contributed by atoms with Gasteiger partial charge in [-0.1, -0.05) is 69.2 Å². The smallest absolute Gasteiger partial charge is 0.312 e. The standard InChI is InChI=1S/C25H47N2O2/c1-14-29-20(28)25(12,22(5,6)7)24(10,11)23(8,9)19(17-21(2,3)4)27-16-15-26(13)18-27/h15-16,18-19H,14,17H2,1-13H3/q+1. The van der Waals surface area contributed by atoms with Gasteiger partial charge in [0.05, 0.1) is 19.1 Å². The molecule has 29 heavy (non-hydrogen) atoms. The first-order valence-electron chi connectivity index (χ1n) is 11.0. The Kier molecular flexibility index (Phi) is 7.16. The summed E-state index contributed by atoms with van der Waals surface area (Å²) in [6.07, 6.45) is 7.42. The number of esters is 1. The molecule has 1 aromatic heterocycles. The molecule has 1 heterocycles. The molecule has 0 aliphatic carbocycles. The number of carbonyl (C=O) groups is 1. The summed E-state index contributed by atoms with van der Waals surface area (Å²) < 4.78 is 10.1. The van der Waals surface area contributed by atoms with E-state index in [4.69, 9.17) is 4.74 Å². The molecule has 0 aliphatic rings. The number of aryl methyl sites for hydroxylation is 1. The highest BCUT2D eigenvalue weighted by Crippen LogP contribution is 2.63. The first-order valence-corrected chi connectivity index (χ1v) is 11.0. The second kappa shape index (κ2) is 8.07. The maximum atomic E-state index is 13.4. The van der Waals surface area contributed by atoms with E-state index in [9.17, 15) is 4.79 Å². The average Bonchev–Trinajstić information content (AvgIpc) is 2.95. The summed E-state index contributed by atoms with van der Waals surface area (Å²) in [4.78, 5) is 13.4. The number of rotatable bonds is 7. The molecule has 0 aromatic carbocycles. The molecule has 0 saturated heterocycles.